The van der Waals surface area contributed by atoms with Crippen LogP contribution in [0.2, 0.25) is 5.02 Å². The molecule has 90 valence electrons. The lowest BCUT2D eigenvalue weighted by atomic mass is 9.99. The van der Waals surface area contributed by atoms with Gasteiger partial charge in [0, 0.05) is 5.02 Å². The van der Waals surface area contributed by atoms with Crippen molar-refractivity contribution in [3.05, 3.63) is 33.8 Å². The molecule has 1 aromatic rings. The van der Waals surface area contributed by atoms with Crippen molar-refractivity contribution in [2.24, 2.45) is 0 Å². The molecule has 0 heterocycles. The smallest absolute Gasteiger partial charge is 0.335 e. The van der Waals surface area contributed by atoms with E-state index >= 15 is 0 Å². The van der Waals surface area contributed by atoms with Crippen molar-refractivity contribution in [3.63, 3.8) is 0 Å². The number of carboxylic acid groups (broad SMARTS) is 1. The number of aromatic carboxylic acids is 1. The number of carbonyl (C=O) groups is 1. The molecule has 0 aliphatic rings. The molecule has 0 saturated carbocycles. The van der Waals surface area contributed by atoms with Gasteiger partial charge in [-0.05, 0) is 36.6 Å². The fourth-order valence-corrected chi connectivity index (χ4v) is 1.81. The molecule has 1 rings (SSSR count). The first-order valence-corrected chi connectivity index (χ1v) is 5.97. The van der Waals surface area contributed by atoms with Crippen molar-refractivity contribution >= 4 is 17.6 Å². The van der Waals surface area contributed by atoms with Crippen LogP contribution >= 0.6 is 11.6 Å². The maximum Gasteiger partial charge on any atom is 0.335 e. The van der Waals surface area contributed by atoms with Crippen molar-refractivity contribution in [2.45, 2.75) is 40.5 Å². The highest BCUT2D eigenvalue weighted by molar-refractivity contribution is 6.31. The third-order valence-electron chi connectivity index (χ3n) is 2.27. The average Bonchev–Trinajstić information content (AvgIpc) is 2.26. The molecule has 2 nitrogen and oxygen atoms in total. The van der Waals surface area contributed by atoms with Gasteiger partial charge >= 0.3 is 5.97 Å². The van der Waals surface area contributed by atoms with Crippen molar-refractivity contribution < 1.29 is 9.90 Å². The van der Waals surface area contributed by atoms with Crippen LogP contribution in [-0.2, 0) is 6.42 Å². The second kappa shape index (κ2) is 7.29. The zero-order valence-corrected chi connectivity index (χ0v) is 11.1. The number of rotatable bonds is 3. The van der Waals surface area contributed by atoms with Gasteiger partial charge in [0.1, 0.15) is 0 Å². The summed E-state index contributed by atoms with van der Waals surface area (Å²) in [6, 6.07) is 3.21. The van der Waals surface area contributed by atoms with Crippen LogP contribution in [0, 0.1) is 6.92 Å². The molecule has 3 heteroatoms. The van der Waals surface area contributed by atoms with E-state index in [4.69, 9.17) is 16.7 Å². The van der Waals surface area contributed by atoms with Crippen LogP contribution in [0.3, 0.4) is 0 Å². The van der Waals surface area contributed by atoms with E-state index < -0.39 is 5.97 Å². The van der Waals surface area contributed by atoms with Crippen molar-refractivity contribution in [1.82, 2.24) is 0 Å². The van der Waals surface area contributed by atoms with E-state index in [9.17, 15) is 4.79 Å². The van der Waals surface area contributed by atoms with Crippen molar-refractivity contribution in [3.8, 4) is 0 Å². The summed E-state index contributed by atoms with van der Waals surface area (Å²) in [5.41, 5.74) is 2.08. The van der Waals surface area contributed by atoms with Gasteiger partial charge in [0.05, 0.1) is 5.56 Å². The Labute approximate surface area is 102 Å². The Balaban J connectivity index is 0.00000106. The molecule has 1 aromatic carbocycles. The van der Waals surface area contributed by atoms with Gasteiger partial charge < -0.3 is 5.11 Å². The van der Waals surface area contributed by atoms with Crippen LogP contribution in [0.5, 0.6) is 0 Å². The van der Waals surface area contributed by atoms with Crippen LogP contribution in [-0.4, -0.2) is 11.1 Å². The molecule has 0 amide bonds. The molecule has 0 bridgehead atoms. The van der Waals surface area contributed by atoms with Crippen molar-refractivity contribution in [2.75, 3.05) is 0 Å². The lowest BCUT2D eigenvalue weighted by Gasteiger charge is -2.09. The molecule has 0 spiro atoms. The zero-order chi connectivity index (χ0) is 12.7. The minimum absolute atomic E-state index is 0.345. The topological polar surface area (TPSA) is 37.3 Å². The maximum atomic E-state index is 10.8. The molecule has 0 atom stereocenters. The number of hydrogen-bond acceptors (Lipinski definition) is 1. The predicted octanol–water partition coefficient (Wildman–Crippen LogP) is 4.33. The van der Waals surface area contributed by atoms with Gasteiger partial charge in [0.2, 0.25) is 0 Å². The highest BCUT2D eigenvalue weighted by atomic mass is 35.5. The van der Waals surface area contributed by atoms with Gasteiger partial charge in [-0.1, -0.05) is 38.8 Å². The molecule has 0 unspecified atom stereocenters. The fourth-order valence-electron chi connectivity index (χ4n) is 1.51. The summed E-state index contributed by atoms with van der Waals surface area (Å²) < 4.78 is 0. The van der Waals surface area contributed by atoms with E-state index in [1.165, 1.54) is 0 Å². The van der Waals surface area contributed by atoms with Crippen molar-refractivity contribution in [1.29, 1.82) is 0 Å². The summed E-state index contributed by atoms with van der Waals surface area (Å²) in [5.74, 6) is -0.892. The highest BCUT2D eigenvalue weighted by Gasteiger charge is 2.12. The minimum atomic E-state index is -0.892. The second-order valence-electron chi connectivity index (χ2n) is 3.25. The molecule has 0 aliphatic heterocycles. The van der Waals surface area contributed by atoms with Crippen LogP contribution in [0.4, 0.5) is 0 Å². The molecule has 0 aromatic heterocycles. The lowest BCUT2D eigenvalue weighted by Crippen LogP contribution is -2.03. The summed E-state index contributed by atoms with van der Waals surface area (Å²) in [6.07, 6.45) is 1.79. The van der Waals surface area contributed by atoms with E-state index in [0.717, 1.165) is 24.0 Å². The Kier molecular flexibility index (Phi) is 6.82. The molecule has 16 heavy (non-hydrogen) atoms. The largest absolute Gasteiger partial charge is 0.478 e. The predicted molar refractivity (Wildman–Crippen MR) is 68.5 cm³/mol. The van der Waals surface area contributed by atoms with Gasteiger partial charge in [-0.2, -0.15) is 0 Å². The minimum Gasteiger partial charge on any atom is -0.478 e. The highest BCUT2D eigenvalue weighted by Crippen LogP contribution is 2.24. The molecular formula is C13H19ClO2. The van der Waals surface area contributed by atoms with Gasteiger partial charge in [0.25, 0.3) is 0 Å². The van der Waals surface area contributed by atoms with E-state index in [0.29, 0.717) is 10.6 Å². The SMILES string of the molecule is CC.CCCc1c(Cl)ccc(C(=O)O)c1C. The standard InChI is InChI=1S/C11H13ClO2.C2H6/c1-3-4-8-7(2)9(11(13)14)5-6-10(8)12;1-2/h5-6H,3-4H2,1-2H3,(H,13,14);1-2H3. The van der Waals surface area contributed by atoms with Crippen LogP contribution in [0.25, 0.3) is 0 Å². The van der Waals surface area contributed by atoms with E-state index in [1.807, 2.05) is 20.8 Å². The van der Waals surface area contributed by atoms with Gasteiger partial charge in [-0.25, -0.2) is 4.79 Å². The number of hydrogen-bond donors (Lipinski definition) is 1. The van der Waals surface area contributed by atoms with E-state index in [1.54, 1.807) is 19.1 Å². The first-order valence-electron chi connectivity index (χ1n) is 5.59. The molecule has 0 fully saturated rings. The average molecular weight is 243 g/mol. The van der Waals surface area contributed by atoms with E-state index in [-0.39, 0.29) is 0 Å². The summed E-state index contributed by atoms with van der Waals surface area (Å²) in [5, 5.41) is 9.57. The third kappa shape index (κ3) is 3.53. The third-order valence-corrected chi connectivity index (χ3v) is 2.63. The summed E-state index contributed by atoms with van der Waals surface area (Å²) in [7, 11) is 0. The van der Waals surface area contributed by atoms with Crippen LogP contribution in [0.1, 0.15) is 48.7 Å². The molecule has 0 aliphatic carbocycles. The summed E-state index contributed by atoms with van der Waals surface area (Å²) in [6.45, 7) is 7.85. The number of carboxylic acids is 1. The first kappa shape index (κ1) is 15.0. The molecular weight excluding hydrogens is 224 g/mol. The molecule has 0 saturated heterocycles. The molecule has 1 N–H and O–H groups in total. The second-order valence-corrected chi connectivity index (χ2v) is 3.66. The molecule has 0 radical (unpaired) electrons. The van der Waals surface area contributed by atoms with Gasteiger partial charge in [0.15, 0.2) is 0 Å². The lowest BCUT2D eigenvalue weighted by molar-refractivity contribution is 0.0696. The zero-order valence-electron chi connectivity index (χ0n) is 10.3. The summed E-state index contributed by atoms with van der Waals surface area (Å²) >= 11 is 5.99. The summed E-state index contributed by atoms with van der Waals surface area (Å²) in [4.78, 5) is 10.8. The number of benzene rings is 1. The normalized spacial score (nSPS) is 9.31. The van der Waals surface area contributed by atoms with Crippen LogP contribution < -0.4 is 0 Å². The Bertz CT molecular complexity index is 359. The Morgan fingerprint density at radius 3 is 2.38 bits per heavy atom. The Hall–Kier alpha value is -1.02. The van der Waals surface area contributed by atoms with E-state index in [2.05, 4.69) is 0 Å². The Morgan fingerprint density at radius 1 is 1.38 bits per heavy atom. The Morgan fingerprint density at radius 2 is 1.94 bits per heavy atom. The maximum absolute atomic E-state index is 10.8. The quantitative estimate of drug-likeness (QED) is 0.857. The van der Waals surface area contributed by atoms with Crippen LogP contribution in [0.15, 0.2) is 12.1 Å². The number of halogens is 1. The monoisotopic (exact) mass is 242 g/mol. The van der Waals surface area contributed by atoms with Gasteiger partial charge in [-0.3, -0.25) is 0 Å². The van der Waals surface area contributed by atoms with Gasteiger partial charge in [-0.15, -0.1) is 0 Å². The fraction of sp³-hybridized carbons (Fsp3) is 0.462. The first-order chi connectivity index (χ1) is 7.57.